The highest BCUT2D eigenvalue weighted by molar-refractivity contribution is 5.75. The van der Waals surface area contributed by atoms with Crippen LogP contribution in [0.1, 0.15) is 42.0 Å². The molecule has 0 spiro atoms. The molecule has 0 aliphatic rings. The van der Waals surface area contributed by atoms with E-state index in [1.165, 1.54) is 22.3 Å². The van der Waals surface area contributed by atoms with Gasteiger partial charge in [0.15, 0.2) is 0 Å². The lowest BCUT2D eigenvalue weighted by atomic mass is 9.92. The fourth-order valence-corrected chi connectivity index (χ4v) is 2.86. The van der Waals surface area contributed by atoms with E-state index in [2.05, 4.69) is 51.9 Å². The van der Waals surface area contributed by atoms with Crippen molar-refractivity contribution < 1.29 is 0 Å². The first kappa shape index (κ1) is 13.7. The van der Waals surface area contributed by atoms with Crippen LogP contribution in [0, 0.1) is 20.8 Å². The summed E-state index contributed by atoms with van der Waals surface area (Å²) < 4.78 is 1.78. The van der Waals surface area contributed by atoms with Crippen LogP contribution in [0.5, 0.6) is 0 Å². The normalized spacial score (nSPS) is 11.3. The first-order valence-electron chi connectivity index (χ1n) is 6.73. The van der Waals surface area contributed by atoms with Gasteiger partial charge in [-0.2, -0.15) is 5.10 Å². The van der Waals surface area contributed by atoms with Crippen molar-refractivity contribution in [3.05, 3.63) is 34.4 Å². The third-order valence-electron chi connectivity index (χ3n) is 3.62. The van der Waals surface area contributed by atoms with E-state index in [1.54, 1.807) is 4.68 Å². The van der Waals surface area contributed by atoms with Crippen LogP contribution in [-0.4, -0.2) is 9.78 Å². The number of nitrogen functional groups attached to an aromatic ring is 1. The minimum atomic E-state index is 0.365. The molecule has 102 valence electrons. The number of nitrogens with zero attached hydrogens (tertiary/aromatic N) is 2. The van der Waals surface area contributed by atoms with Crippen LogP contribution in [0.3, 0.4) is 0 Å². The summed E-state index contributed by atoms with van der Waals surface area (Å²) in [6.07, 6.45) is 0. The summed E-state index contributed by atoms with van der Waals surface area (Å²) in [7, 11) is 1.91. The van der Waals surface area contributed by atoms with Crippen LogP contribution in [0.15, 0.2) is 12.1 Å². The molecule has 1 aromatic carbocycles. The maximum absolute atomic E-state index is 6.17. The molecule has 0 amide bonds. The Morgan fingerprint density at radius 3 is 2.11 bits per heavy atom. The quantitative estimate of drug-likeness (QED) is 0.891. The van der Waals surface area contributed by atoms with Crippen molar-refractivity contribution >= 4 is 5.82 Å². The average molecular weight is 257 g/mol. The zero-order valence-electron chi connectivity index (χ0n) is 12.7. The Bertz CT molecular complexity index is 598. The van der Waals surface area contributed by atoms with E-state index in [4.69, 9.17) is 5.73 Å². The SMILES string of the molecule is Cc1cc(C)c(-c2nn(C)c(N)c2C(C)C)c(C)c1. The summed E-state index contributed by atoms with van der Waals surface area (Å²) in [4.78, 5) is 0. The molecule has 0 saturated carbocycles. The summed E-state index contributed by atoms with van der Waals surface area (Å²) in [6.45, 7) is 10.7. The predicted molar refractivity (Wildman–Crippen MR) is 81.4 cm³/mol. The predicted octanol–water partition coefficient (Wildman–Crippen LogP) is 3.72. The fourth-order valence-electron chi connectivity index (χ4n) is 2.86. The molecule has 2 rings (SSSR count). The van der Waals surface area contributed by atoms with Crippen molar-refractivity contribution in [1.82, 2.24) is 9.78 Å². The van der Waals surface area contributed by atoms with Crippen LogP contribution in [-0.2, 0) is 7.05 Å². The van der Waals surface area contributed by atoms with E-state index in [9.17, 15) is 0 Å². The third-order valence-corrected chi connectivity index (χ3v) is 3.62. The number of hydrogen-bond donors (Lipinski definition) is 1. The van der Waals surface area contributed by atoms with E-state index in [-0.39, 0.29) is 0 Å². The van der Waals surface area contributed by atoms with Gasteiger partial charge in [-0.15, -0.1) is 0 Å². The Hall–Kier alpha value is -1.77. The lowest BCUT2D eigenvalue weighted by molar-refractivity contribution is 0.779. The Labute approximate surface area is 115 Å². The number of aromatic nitrogens is 2. The number of anilines is 1. The van der Waals surface area contributed by atoms with Crippen molar-refractivity contribution in [2.75, 3.05) is 5.73 Å². The van der Waals surface area contributed by atoms with Gasteiger partial charge in [0.25, 0.3) is 0 Å². The van der Waals surface area contributed by atoms with Crippen LogP contribution >= 0.6 is 0 Å². The maximum Gasteiger partial charge on any atom is 0.125 e. The molecule has 0 atom stereocenters. The summed E-state index contributed by atoms with van der Waals surface area (Å²) in [5.74, 6) is 1.13. The third kappa shape index (κ3) is 2.25. The number of rotatable bonds is 2. The summed E-state index contributed by atoms with van der Waals surface area (Å²) in [6, 6.07) is 4.41. The molecule has 0 bridgehead atoms. The first-order valence-corrected chi connectivity index (χ1v) is 6.73. The molecule has 0 saturated heterocycles. The van der Waals surface area contributed by atoms with Crippen LogP contribution in [0.2, 0.25) is 0 Å². The van der Waals surface area contributed by atoms with Gasteiger partial charge in [0, 0.05) is 18.2 Å². The van der Waals surface area contributed by atoms with Gasteiger partial charge in [0.05, 0.1) is 5.69 Å². The fraction of sp³-hybridized carbons (Fsp3) is 0.438. The minimum absolute atomic E-state index is 0.365. The van der Waals surface area contributed by atoms with E-state index in [0.29, 0.717) is 5.92 Å². The monoisotopic (exact) mass is 257 g/mol. The summed E-state index contributed by atoms with van der Waals surface area (Å²) in [5.41, 5.74) is 13.4. The molecule has 19 heavy (non-hydrogen) atoms. The maximum atomic E-state index is 6.17. The number of aryl methyl sites for hydroxylation is 4. The molecule has 3 nitrogen and oxygen atoms in total. The number of benzene rings is 1. The van der Waals surface area contributed by atoms with Gasteiger partial charge in [-0.1, -0.05) is 31.5 Å². The van der Waals surface area contributed by atoms with E-state index in [0.717, 1.165) is 17.1 Å². The van der Waals surface area contributed by atoms with Crippen molar-refractivity contribution in [3.8, 4) is 11.3 Å². The molecule has 0 aliphatic carbocycles. The molecule has 1 aromatic heterocycles. The second kappa shape index (κ2) is 4.72. The van der Waals surface area contributed by atoms with Crippen molar-refractivity contribution in [2.45, 2.75) is 40.5 Å². The van der Waals surface area contributed by atoms with Gasteiger partial charge in [0.2, 0.25) is 0 Å². The molecule has 0 radical (unpaired) electrons. The average Bonchev–Trinajstić information content (AvgIpc) is 2.53. The largest absolute Gasteiger partial charge is 0.384 e. The van der Waals surface area contributed by atoms with Crippen LogP contribution in [0.4, 0.5) is 5.82 Å². The van der Waals surface area contributed by atoms with Gasteiger partial charge in [-0.3, -0.25) is 4.68 Å². The summed E-state index contributed by atoms with van der Waals surface area (Å²) >= 11 is 0. The molecule has 1 heterocycles. The highest BCUT2D eigenvalue weighted by Crippen LogP contribution is 2.36. The van der Waals surface area contributed by atoms with Gasteiger partial charge in [0.1, 0.15) is 5.82 Å². The Morgan fingerprint density at radius 1 is 1.11 bits per heavy atom. The molecule has 0 unspecified atom stereocenters. The number of nitrogens with two attached hydrogens (primary N) is 1. The lowest BCUT2D eigenvalue weighted by Crippen LogP contribution is -2.00. The van der Waals surface area contributed by atoms with E-state index < -0.39 is 0 Å². The zero-order valence-corrected chi connectivity index (χ0v) is 12.7. The lowest BCUT2D eigenvalue weighted by Gasteiger charge is -2.13. The molecular weight excluding hydrogens is 234 g/mol. The van der Waals surface area contributed by atoms with E-state index >= 15 is 0 Å². The van der Waals surface area contributed by atoms with Crippen LogP contribution < -0.4 is 5.73 Å². The molecule has 2 N–H and O–H groups in total. The second-order valence-electron chi connectivity index (χ2n) is 5.70. The molecule has 2 aromatic rings. The smallest absolute Gasteiger partial charge is 0.125 e. The molecule has 0 fully saturated rings. The van der Waals surface area contributed by atoms with Crippen LogP contribution in [0.25, 0.3) is 11.3 Å². The second-order valence-corrected chi connectivity index (χ2v) is 5.70. The van der Waals surface area contributed by atoms with Crippen molar-refractivity contribution in [2.24, 2.45) is 7.05 Å². The highest BCUT2D eigenvalue weighted by Gasteiger charge is 2.20. The van der Waals surface area contributed by atoms with Crippen molar-refractivity contribution in [1.29, 1.82) is 0 Å². The van der Waals surface area contributed by atoms with Crippen molar-refractivity contribution in [3.63, 3.8) is 0 Å². The molecular formula is C16H23N3. The minimum Gasteiger partial charge on any atom is -0.384 e. The Morgan fingerprint density at radius 2 is 1.63 bits per heavy atom. The Balaban J connectivity index is 2.76. The van der Waals surface area contributed by atoms with E-state index in [1.807, 2.05) is 7.05 Å². The first-order chi connectivity index (χ1) is 8.82. The van der Waals surface area contributed by atoms with Gasteiger partial charge in [-0.25, -0.2) is 0 Å². The van der Waals surface area contributed by atoms with Gasteiger partial charge in [-0.05, 0) is 37.8 Å². The van der Waals surface area contributed by atoms with Gasteiger partial charge >= 0.3 is 0 Å². The Kier molecular flexibility index (Phi) is 3.40. The number of hydrogen-bond acceptors (Lipinski definition) is 2. The standard InChI is InChI=1S/C16H23N3/c1-9(2)13-15(18-19(6)16(13)17)14-11(4)7-10(3)8-12(14)5/h7-9H,17H2,1-6H3. The molecule has 3 heteroatoms. The topological polar surface area (TPSA) is 43.8 Å². The van der Waals surface area contributed by atoms with Gasteiger partial charge < -0.3 is 5.73 Å². The molecule has 0 aliphatic heterocycles. The highest BCUT2D eigenvalue weighted by atomic mass is 15.3. The summed E-state index contributed by atoms with van der Waals surface area (Å²) in [5, 5.41) is 4.64. The zero-order chi connectivity index (χ0) is 14.3.